The fourth-order valence-corrected chi connectivity index (χ4v) is 4.53. The number of carbonyl (C=O) groups is 2. The van der Waals surface area contributed by atoms with E-state index >= 15 is 0 Å². The Labute approximate surface area is 256 Å². The van der Waals surface area contributed by atoms with Crippen molar-refractivity contribution in [1.29, 1.82) is 5.26 Å². The van der Waals surface area contributed by atoms with E-state index < -0.39 is 34.2 Å². The lowest BCUT2D eigenvalue weighted by molar-refractivity contribution is -0.385. The predicted molar refractivity (Wildman–Crippen MR) is 168 cm³/mol. The maximum absolute atomic E-state index is 12.6. The number of phenols is 1. The third-order valence-corrected chi connectivity index (χ3v) is 7.06. The van der Waals surface area contributed by atoms with Crippen molar-refractivity contribution in [3.8, 4) is 17.6 Å². The van der Waals surface area contributed by atoms with Gasteiger partial charge in [-0.1, -0.05) is 76.9 Å². The van der Waals surface area contributed by atoms with Gasteiger partial charge in [-0.05, 0) is 63.7 Å². The van der Waals surface area contributed by atoms with Gasteiger partial charge in [-0.3, -0.25) is 14.9 Å². The number of unbranched alkanes of at least 4 members (excludes halogenated alkanes) is 12. The molecule has 0 atom stereocenters. The average molecular weight is 600 g/mol. The first-order valence-electron chi connectivity index (χ1n) is 15.7. The third kappa shape index (κ3) is 15.3. The van der Waals surface area contributed by atoms with Crippen LogP contribution in [0.25, 0.3) is 6.08 Å². The minimum absolute atomic E-state index is 0.0395. The molecule has 0 saturated heterocycles. The van der Waals surface area contributed by atoms with E-state index in [1.165, 1.54) is 56.3 Å². The van der Waals surface area contributed by atoms with Gasteiger partial charge >= 0.3 is 11.8 Å². The van der Waals surface area contributed by atoms with Crippen LogP contribution in [0.5, 0.6) is 11.5 Å². The summed E-state index contributed by atoms with van der Waals surface area (Å²) >= 11 is 0. The molecule has 10 nitrogen and oxygen atoms in total. The summed E-state index contributed by atoms with van der Waals surface area (Å²) in [5, 5.41) is 31.2. The molecule has 1 rings (SSSR count). The van der Waals surface area contributed by atoms with Crippen LogP contribution < -0.4 is 4.74 Å². The van der Waals surface area contributed by atoms with E-state index in [4.69, 9.17) is 9.47 Å². The summed E-state index contributed by atoms with van der Waals surface area (Å²) in [6.45, 7) is 6.62. The maximum atomic E-state index is 12.6. The zero-order valence-electron chi connectivity index (χ0n) is 26.1. The number of phenolic OH excluding ortho intramolecular Hbond substituents is 1. The quantitative estimate of drug-likeness (QED) is 0.0204. The molecule has 0 spiro atoms. The number of hydrogen-bond acceptors (Lipinski definition) is 8. The first kappa shape index (κ1) is 37.2. The van der Waals surface area contributed by atoms with Crippen LogP contribution in [0.4, 0.5) is 10.5 Å². The van der Waals surface area contributed by atoms with E-state index in [2.05, 4.69) is 19.1 Å². The summed E-state index contributed by atoms with van der Waals surface area (Å²) in [4.78, 5) is 36.8. The molecule has 0 bridgehead atoms. The highest BCUT2D eigenvalue weighted by Gasteiger charge is 2.23. The molecule has 10 heteroatoms. The number of hydrogen-bond donors (Lipinski definition) is 1. The van der Waals surface area contributed by atoms with Crippen LogP contribution in [0, 0.1) is 21.4 Å². The van der Waals surface area contributed by atoms with Crippen molar-refractivity contribution in [3.63, 3.8) is 0 Å². The number of ether oxygens (including phenoxy) is 2. The summed E-state index contributed by atoms with van der Waals surface area (Å²) in [6, 6.07) is 3.93. The van der Waals surface area contributed by atoms with Gasteiger partial charge < -0.3 is 19.5 Å². The van der Waals surface area contributed by atoms with Gasteiger partial charge in [-0.15, -0.1) is 0 Å². The standard InChI is InChI=1S/C33H49N3O7/c1-4-7-8-9-10-11-12-13-14-15-16-17-18-19-20-21-22-42-33(39)43-30-25-27(24-29(31(30)37)36(40)41)23-28(26-34)32(38)35(5-2)6-3/h13-14,23-25,37H,4-12,15-22H2,1-3H3/b14-13+,28-23+. The van der Waals surface area contributed by atoms with Crippen LogP contribution in [0.15, 0.2) is 29.9 Å². The molecule has 1 aromatic rings. The highest BCUT2D eigenvalue weighted by molar-refractivity contribution is 6.01. The Balaban J connectivity index is 2.45. The number of aromatic hydroxyl groups is 1. The van der Waals surface area contributed by atoms with Crippen LogP contribution in [-0.4, -0.2) is 46.7 Å². The van der Waals surface area contributed by atoms with Gasteiger partial charge in [-0.2, -0.15) is 5.26 Å². The summed E-state index contributed by atoms with van der Waals surface area (Å²) in [6.07, 6.45) is 20.8. The van der Waals surface area contributed by atoms with Gasteiger partial charge in [0.05, 0.1) is 11.5 Å². The molecule has 0 aliphatic rings. The number of likely N-dealkylation sites (N-methyl/N-ethyl adjacent to an activating group) is 1. The Kier molecular flexibility index (Phi) is 19.6. The second kappa shape index (κ2) is 22.7. The van der Waals surface area contributed by atoms with Gasteiger partial charge in [0.15, 0.2) is 5.75 Å². The number of rotatable bonds is 22. The zero-order chi connectivity index (χ0) is 31.9. The smallest absolute Gasteiger partial charge is 0.499 e. The second-order valence-corrected chi connectivity index (χ2v) is 10.4. The number of nitro benzene ring substituents is 1. The van der Waals surface area contributed by atoms with Crippen LogP contribution in [0.1, 0.15) is 116 Å². The molecule has 0 aliphatic heterocycles. The van der Waals surface area contributed by atoms with Crippen molar-refractivity contribution in [3.05, 3.63) is 45.5 Å². The highest BCUT2D eigenvalue weighted by atomic mass is 16.7. The number of amides is 1. The van der Waals surface area contributed by atoms with E-state index in [-0.39, 0.29) is 17.7 Å². The molecule has 0 aromatic heterocycles. The van der Waals surface area contributed by atoms with Gasteiger partial charge in [0, 0.05) is 19.2 Å². The van der Waals surface area contributed by atoms with Crippen molar-refractivity contribution >= 4 is 23.8 Å². The highest BCUT2D eigenvalue weighted by Crippen LogP contribution is 2.38. The first-order valence-corrected chi connectivity index (χ1v) is 15.7. The molecule has 1 amide bonds. The Hall–Kier alpha value is -3.87. The van der Waals surface area contributed by atoms with E-state index in [9.17, 15) is 30.1 Å². The minimum Gasteiger partial charge on any atom is -0.499 e. The Bertz CT molecular complexity index is 1100. The summed E-state index contributed by atoms with van der Waals surface area (Å²) < 4.78 is 10.1. The van der Waals surface area contributed by atoms with Crippen molar-refractivity contribution in [2.75, 3.05) is 19.7 Å². The molecule has 0 saturated carbocycles. The van der Waals surface area contributed by atoms with Crippen LogP contribution in [-0.2, 0) is 9.53 Å². The molecule has 238 valence electrons. The fourth-order valence-electron chi connectivity index (χ4n) is 4.53. The normalized spacial score (nSPS) is 11.3. The zero-order valence-corrected chi connectivity index (χ0v) is 26.1. The lowest BCUT2D eigenvalue weighted by Gasteiger charge is -2.17. The van der Waals surface area contributed by atoms with Crippen LogP contribution in [0.2, 0.25) is 0 Å². The SMILES string of the molecule is CCCCCCCC/C=C/CCCCCCCCOC(=O)Oc1cc(/C=C(\C#N)C(=O)N(CC)CC)cc([N+](=O)[O-])c1O. The number of carbonyl (C=O) groups excluding carboxylic acids is 2. The molecule has 0 fully saturated rings. The molecule has 43 heavy (non-hydrogen) atoms. The monoisotopic (exact) mass is 599 g/mol. The molecule has 0 radical (unpaired) electrons. The summed E-state index contributed by atoms with van der Waals surface area (Å²) in [7, 11) is 0. The van der Waals surface area contributed by atoms with E-state index in [0.717, 1.165) is 50.3 Å². The molecule has 0 unspecified atom stereocenters. The van der Waals surface area contributed by atoms with E-state index in [1.54, 1.807) is 19.9 Å². The van der Waals surface area contributed by atoms with Crippen LogP contribution >= 0.6 is 0 Å². The number of allylic oxidation sites excluding steroid dienone is 2. The second-order valence-electron chi connectivity index (χ2n) is 10.4. The van der Waals surface area contributed by atoms with Crippen molar-refractivity contribution in [2.45, 2.75) is 111 Å². The predicted octanol–water partition coefficient (Wildman–Crippen LogP) is 8.63. The Morgan fingerprint density at radius 1 is 0.930 bits per heavy atom. The maximum Gasteiger partial charge on any atom is 0.513 e. The minimum atomic E-state index is -1.11. The first-order chi connectivity index (χ1) is 20.8. The topological polar surface area (TPSA) is 143 Å². The molecule has 0 aliphatic carbocycles. The molecule has 0 heterocycles. The summed E-state index contributed by atoms with van der Waals surface area (Å²) in [5.74, 6) is -1.90. The molecule has 1 aromatic carbocycles. The summed E-state index contributed by atoms with van der Waals surface area (Å²) in [5.41, 5.74) is -0.952. The largest absolute Gasteiger partial charge is 0.513 e. The number of nitro groups is 1. The van der Waals surface area contributed by atoms with Crippen molar-refractivity contribution in [1.82, 2.24) is 4.90 Å². The number of nitrogens with zero attached hydrogens (tertiary/aromatic N) is 3. The van der Waals surface area contributed by atoms with Gasteiger partial charge in [0.25, 0.3) is 5.91 Å². The van der Waals surface area contributed by atoms with E-state index in [1.807, 2.05) is 0 Å². The Morgan fingerprint density at radius 2 is 1.49 bits per heavy atom. The lowest BCUT2D eigenvalue weighted by Crippen LogP contribution is -2.31. The number of benzene rings is 1. The third-order valence-electron chi connectivity index (χ3n) is 7.06. The molecule has 1 N–H and O–H groups in total. The van der Waals surface area contributed by atoms with Gasteiger partial charge in [-0.25, -0.2) is 4.79 Å². The molecular formula is C33H49N3O7. The number of nitriles is 1. The average Bonchev–Trinajstić information content (AvgIpc) is 2.99. The molecular weight excluding hydrogens is 550 g/mol. The van der Waals surface area contributed by atoms with Crippen molar-refractivity contribution in [2.24, 2.45) is 0 Å². The van der Waals surface area contributed by atoms with Gasteiger partial charge in [0.1, 0.15) is 11.6 Å². The van der Waals surface area contributed by atoms with Gasteiger partial charge in [0.2, 0.25) is 5.75 Å². The van der Waals surface area contributed by atoms with E-state index in [0.29, 0.717) is 19.5 Å². The Morgan fingerprint density at radius 3 is 2.02 bits per heavy atom. The van der Waals surface area contributed by atoms with Crippen LogP contribution in [0.3, 0.4) is 0 Å². The van der Waals surface area contributed by atoms with Crippen molar-refractivity contribution < 1.29 is 29.1 Å². The fraction of sp³-hybridized carbons (Fsp3) is 0.606. The lowest BCUT2D eigenvalue weighted by atomic mass is 10.1.